The Balaban J connectivity index is 0.00000232. The fourth-order valence-corrected chi connectivity index (χ4v) is 2.50. The maximum absolute atomic E-state index is 5.84. The molecule has 134 valence electrons. The van der Waals surface area contributed by atoms with Gasteiger partial charge in [0.15, 0.2) is 11.5 Å². The molecule has 0 amide bonds. The average molecular weight is 325 g/mol. The highest BCUT2D eigenvalue weighted by Crippen LogP contribution is 2.30. The maximum Gasteiger partial charge on any atom is 0.161 e. The van der Waals surface area contributed by atoms with Crippen molar-refractivity contribution in [3.8, 4) is 11.5 Å². The van der Waals surface area contributed by atoms with Crippen LogP contribution in [0.15, 0.2) is 18.2 Å². The van der Waals surface area contributed by atoms with Gasteiger partial charge in [-0.15, -0.1) is 0 Å². The van der Waals surface area contributed by atoms with E-state index in [9.17, 15) is 0 Å². The van der Waals surface area contributed by atoms with Crippen molar-refractivity contribution in [2.24, 2.45) is 11.8 Å². The van der Waals surface area contributed by atoms with E-state index in [-0.39, 0.29) is 0 Å². The van der Waals surface area contributed by atoms with Gasteiger partial charge in [0.05, 0.1) is 13.7 Å². The third kappa shape index (κ3) is 8.26. The van der Waals surface area contributed by atoms with Crippen molar-refractivity contribution in [2.75, 3.05) is 27.4 Å². The minimum absolute atomic E-state index is 0.648. The van der Waals surface area contributed by atoms with E-state index in [2.05, 4.69) is 32.9 Å². The number of hydrogen-bond acceptors (Lipinski definition) is 3. The van der Waals surface area contributed by atoms with Crippen LogP contribution in [0.2, 0.25) is 0 Å². The van der Waals surface area contributed by atoms with Crippen LogP contribution >= 0.6 is 0 Å². The molecule has 1 aromatic rings. The Morgan fingerprint density at radius 1 is 1.00 bits per heavy atom. The van der Waals surface area contributed by atoms with Crippen LogP contribution in [-0.4, -0.2) is 27.4 Å². The summed E-state index contributed by atoms with van der Waals surface area (Å²) in [7, 11) is 3.39. The number of benzene rings is 1. The first kappa shape index (κ1) is 21.8. The summed E-state index contributed by atoms with van der Waals surface area (Å²) in [4.78, 5) is 0. The van der Waals surface area contributed by atoms with Crippen LogP contribution < -0.4 is 9.47 Å². The molecule has 0 N–H and O–H groups in total. The van der Waals surface area contributed by atoms with Gasteiger partial charge < -0.3 is 14.2 Å². The molecule has 0 bridgehead atoms. The molecule has 0 aliphatic heterocycles. The van der Waals surface area contributed by atoms with E-state index in [0.29, 0.717) is 25.0 Å². The van der Waals surface area contributed by atoms with Crippen molar-refractivity contribution < 1.29 is 14.2 Å². The highest BCUT2D eigenvalue weighted by Gasteiger charge is 2.13. The van der Waals surface area contributed by atoms with E-state index in [1.807, 2.05) is 19.9 Å². The lowest BCUT2D eigenvalue weighted by molar-refractivity contribution is 0.170. The van der Waals surface area contributed by atoms with Gasteiger partial charge >= 0.3 is 0 Å². The number of hydrogen-bond donors (Lipinski definition) is 0. The topological polar surface area (TPSA) is 27.7 Å². The fourth-order valence-electron chi connectivity index (χ4n) is 2.50. The minimum Gasteiger partial charge on any atom is -0.493 e. The molecule has 3 heteroatoms. The van der Waals surface area contributed by atoms with Gasteiger partial charge in [0.1, 0.15) is 0 Å². The molecule has 0 aliphatic rings. The SMILES string of the molecule is CC.CCC(Cc1ccc(OC)c(OCCCOC)c1)C(C)C. The van der Waals surface area contributed by atoms with Gasteiger partial charge in [0, 0.05) is 20.1 Å². The van der Waals surface area contributed by atoms with Gasteiger partial charge in [-0.3, -0.25) is 0 Å². The van der Waals surface area contributed by atoms with Crippen LogP contribution in [0.1, 0.15) is 53.0 Å². The summed E-state index contributed by atoms with van der Waals surface area (Å²) in [5.41, 5.74) is 1.32. The van der Waals surface area contributed by atoms with Crippen LogP contribution in [0.25, 0.3) is 0 Å². The lowest BCUT2D eigenvalue weighted by Crippen LogP contribution is -2.11. The van der Waals surface area contributed by atoms with E-state index in [1.54, 1.807) is 14.2 Å². The van der Waals surface area contributed by atoms with Crippen molar-refractivity contribution in [3.05, 3.63) is 23.8 Å². The molecule has 0 radical (unpaired) electrons. The Bertz CT molecular complexity index is 402. The number of methoxy groups -OCH3 is 2. The molecule has 0 heterocycles. The van der Waals surface area contributed by atoms with Crippen molar-refractivity contribution in [1.82, 2.24) is 0 Å². The first-order chi connectivity index (χ1) is 11.1. The van der Waals surface area contributed by atoms with Crippen LogP contribution in [0.4, 0.5) is 0 Å². The van der Waals surface area contributed by atoms with Crippen LogP contribution in [-0.2, 0) is 11.2 Å². The van der Waals surface area contributed by atoms with Crippen LogP contribution in [0, 0.1) is 11.8 Å². The molecule has 0 spiro atoms. The molecule has 3 nitrogen and oxygen atoms in total. The molecule has 1 rings (SSSR count). The second-order valence-electron chi connectivity index (χ2n) is 5.80. The summed E-state index contributed by atoms with van der Waals surface area (Å²) in [6.45, 7) is 12.2. The largest absolute Gasteiger partial charge is 0.493 e. The molecular weight excluding hydrogens is 288 g/mol. The second-order valence-corrected chi connectivity index (χ2v) is 5.80. The van der Waals surface area contributed by atoms with Gasteiger partial charge in [-0.05, 0) is 36.0 Å². The standard InChI is InChI=1S/C18H30O3.C2H6/c1-6-16(14(2)3)12-15-8-9-17(20-5)18(13-15)21-11-7-10-19-4;1-2/h8-9,13-14,16H,6-7,10-12H2,1-5H3;1-2H3. The minimum atomic E-state index is 0.648. The second kappa shape index (κ2) is 13.2. The Kier molecular flexibility index (Phi) is 12.5. The Labute approximate surface area is 143 Å². The maximum atomic E-state index is 5.84. The Hall–Kier alpha value is -1.22. The van der Waals surface area contributed by atoms with Crippen molar-refractivity contribution in [3.63, 3.8) is 0 Å². The van der Waals surface area contributed by atoms with Gasteiger partial charge in [-0.25, -0.2) is 0 Å². The van der Waals surface area contributed by atoms with E-state index < -0.39 is 0 Å². The first-order valence-electron chi connectivity index (χ1n) is 8.91. The fraction of sp³-hybridized carbons (Fsp3) is 0.700. The third-order valence-corrected chi connectivity index (χ3v) is 3.94. The third-order valence-electron chi connectivity index (χ3n) is 3.94. The zero-order valence-corrected chi connectivity index (χ0v) is 16.1. The number of rotatable bonds is 10. The molecular formula is C20H36O3. The molecule has 1 atom stereocenters. The summed E-state index contributed by atoms with van der Waals surface area (Å²) in [5, 5.41) is 0. The van der Waals surface area contributed by atoms with Crippen LogP contribution in [0.3, 0.4) is 0 Å². The molecule has 0 saturated carbocycles. The Morgan fingerprint density at radius 2 is 1.70 bits per heavy atom. The monoisotopic (exact) mass is 324 g/mol. The summed E-state index contributed by atoms with van der Waals surface area (Å²) in [6, 6.07) is 6.27. The predicted molar refractivity (Wildman–Crippen MR) is 98.7 cm³/mol. The van der Waals surface area contributed by atoms with Crippen molar-refractivity contribution in [2.45, 2.75) is 53.9 Å². The highest BCUT2D eigenvalue weighted by atomic mass is 16.5. The molecule has 23 heavy (non-hydrogen) atoms. The zero-order chi connectivity index (χ0) is 17.7. The van der Waals surface area contributed by atoms with Crippen molar-refractivity contribution in [1.29, 1.82) is 0 Å². The van der Waals surface area contributed by atoms with E-state index in [0.717, 1.165) is 24.3 Å². The lowest BCUT2D eigenvalue weighted by Gasteiger charge is -2.20. The highest BCUT2D eigenvalue weighted by molar-refractivity contribution is 5.43. The zero-order valence-electron chi connectivity index (χ0n) is 16.1. The first-order valence-corrected chi connectivity index (χ1v) is 8.91. The molecule has 0 aliphatic carbocycles. The normalized spacial score (nSPS) is 11.7. The number of ether oxygens (including phenoxy) is 3. The quantitative estimate of drug-likeness (QED) is 0.542. The molecule has 0 aromatic heterocycles. The van der Waals surface area contributed by atoms with Crippen LogP contribution in [0.5, 0.6) is 11.5 Å². The molecule has 1 unspecified atom stereocenters. The summed E-state index contributed by atoms with van der Waals surface area (Å²) >= 11 is 0. The van der Waals surface area contributed by atoms with Crippen molar-refractivity contribution >= 4 is 0 Å². The molecule has 0 fully saturated rings. The Morgan fingerprint density at radius 3 is 2.22 bits per heavy atom. The summed E-state index contributed by atoms with van der Waals surface area (Å²) in [6.07, 6.45) is 3.17. The lowest BCUT2D eigenvalue weighted by atomic mass is 9.87. The van der Waals surface area contributed by atoms with Gasteiger partial charge in [0.25, 0.3) is 0 Å². The van der Waals surface area contributed by atoms with Gasteiger partial charge in [-0.1, -0.05) is 47.1 Å². The van der Waals surface area contributed by atoms with Gasteiger partial charge in [-0.2, -0.15) is 0 Å². The van der Waals surface area contributed by atoms with E-state index in [1.165, 1.54) is 12.0 Å². The summed E-state index contributed by atoms with van der Waals surface area (Å²) < 4.78 is 16.3. The van der Waals surface area contributed by atoms with E-state index in [4.69, 9.17) is 14.2 Å². The predicted octanol–water partition coefficient (Wildman–Crippen LogP) is 5.36. The smallest absolute Gasteiger partial charge is 0.161 e. The van der Waals surface area contributed by atoms with Gasteiger partial charge in [0.2, 0.25) is 0 Å². The van der Waals surface area contributed by atoms with E-state index >= 15 is 0 Å². The average Bonchev–Trinajstić information content (AvgIpc) is 2.58. The molecule has 1 aromatic carbocycles. The summed E-state index contributed by atoms with van der Waals surface area (Å²) in [5.74, 6) is 3.04. The molecule has 0 saturated heterocycles.